The summed E-state index contributed by atoms with van der Waals surface area (Å²) >= 11 is 6.46. The van der Waals surface area contributed by atoms with Crippen LogP contribution in [0.15, 0.2) is 36.4 Å². The molecule has 0 heterocycles. The fourth-order valence-corrected chi connectivity index (χ4v) is 4.86. The molecule has 10 heteroatoms. The van der Waals surface area contributed by atoms with Crippen LogP contribution in [-0.2, 0) is 19.1 Å². The van der Waals surface area contributed by atoms with Gasteiger partial charge in [-0.1, -0.05) is 61.7 Å². The van der Waals surface area contributed by atoms with E-state index in [1.165, 1.54) is 4.90 Å². The average Bonchev–Trinajstić information content (AvgIpc) is 2.89. The number of hydrogen-bond donors (Lipinski definition) is 3. The molecule has 42 heavy (non-hydrogen) atoms. The van der Waals surface area contributed by atoms with Crippen LogP contribution >= 0.6 is 11.6 Å². The molecule has 2 unspecified atom stereocenters. The first-order valence-electron chi connectivity index (χ1n) is 14.4. The van der Waals surface area contributed by atoms with Crippen molar-refractivity contribution in [3.05, 3.63) is 63.7 Å². The van der Waals surface area contributed by atoms with Crippen molar-refractivity contribution in [1.82, 2.24) is 10.2 Å². The standard InChI is InChI=1S/C32H45ClN4O5/c1-8-9-10-19-37(30(40)25(17-18-26(34)38)35-31(41)42-32(5,6)7)28(23-15-11-13-20(2)22(23)4)29(39)36-27-21(3)14-12-16-24(27)33/h11-16,25,28H,8-10,17-19H2,1-7H3,(H2,34,38)(H,35,41)(H,36,39). The van der Waals surface area contributed by atoms with Crippen molar-refractivity contribution < 1.29 is 23.9 Å². The first-order valence-corrected chi connectivity index (χ1v) is 14.7. The molecule has 0 aliphatic heterocycles. The zero-order valence-corrected chi connectivity index (χ0v) is 26.6. The number of carbonyl (C=O) groups excluding carboxylic acids is 4. The van der Waals surface area contributed by atoms with Gasteiger partial charge in [-0.15, -0.1) is 0 Å². The number of carbonyl (C=O) groups is 4. The number of nitrogens with zero attached hydrogens (tertiary/aromatic N) is 1. The van der Waals surface area contributed by atoms with Gasteiger partial charge in [-0.05, 0) is 82.7 Å². The molecule has 0 fully saturated rings. The summed E-state index contributed by atoms with van der Waals surface area (Å²) in [4.78, 5) is 54.5. The Kier molecular flexibility index (Phi) is 12.8. The normalized spacial score (nSPS) is 12.7. The predicted octanol–water partition coefficient (Wildman–Crippen LogP) is 6.12. The van der Waals surface area contributed by atoms with Crippen molar-refractivity contribution in [2.45, 2.75) is 98.3 Å². The smallest absolute Gasteiger partial charge is 0.408 e. The van der Waals surface area contributed by atoms with Gasteiger partial charge in [-0.3, -0.25) is 14.4 Å². The molecule has 2 aromatic rings. The van der Waals surface area contributed by atoms with Crippen molar-refractivity contribution in [3.63, 3.8) is 0 Å². The van der Waals surface area contributed by atoms with Crippen LogP contribution in [-0.4, -0.2) is 46.9 Å². The third-order valence-electron chi connectivity index (χ3n) is 6.93. The Hall–Kier alpha value is -3.59. The maximum atomic E-state index is 14.4. The number of unbranched alkanes of at least 4 members (excludes halogenated alkanes) is 2. The van der Waals surface area contributed by atoms with Gasteiger partial charge in [0.2, 0.25) is 11.8 Å². The maximum absolute atomic E-state index is 14.4. The first kappa shape index (κ1) is 34.6. The van der Waals surface area contributed by atoms with Gasteiger partial charge in [-0.2, -0.15) is 0 Å². The largest absolute Gasteiger partial charge is 0.444 e. The summed E-state index contributed by atoms with van der Waals surface area (Å²) in [6, 6.07) is 8.71. The lowest BCUT2D eigenvalue weighted by molar-refractivity contribution is -0.141. The molecule has 0 spiro atoms. The molecule has 0 aliphatic rings. The van der Waals surface area contributed by atoms with E-state index in [0.717, 1.165) is 29.5 Å². The summed E-state index contributed by atoms with van der Waals surface area (Å²) in [6.45, 7) is 13.1. The number of aryl methyl sites for hydroxylation is 2. The topological polar surface area (TPSA) is 131 Å². The number of primary amides is 1. The lowest BCUT2D eigenvalue weighted by Crippen LogP contribution is -2.53. The Bertz CT molecular complexity index is 1250. The highest BCUT2D eigenvalue weighted by Gasteiger charge is 2.37. The molecule has 9 nitrogen and oxygen atoms in total. The molecule has 0 aliphatic carbocycles. The molecule has 2 atom stereocenters. The van der Waals surface area contributed by atoms with Crippen LogP contribution in [0, 0.1) is 20.8 Å². The van der Waals surface area contributed by atoms with E-state index in [-0.39, 0.29) is 19.4 Å². The number of nitrogens with two attached hydrogens (primary N) is 1. The van der Waals surface area contributed by atoms with Gasteiger partial charge < -0.3 is 26.0 Å². The minimum atomic E-state index is -1.16. The summed E-state index contributed by atoms with van der Waals surface area (Å²) in [7, 11) is 0. The number of anilines is 1. The van der Waals surface area contributed by atoms with E-state index in [1.54, 1.807) is 32.9 Å². The average molecular weight is 601 g/mol. The summed E-state index contributed by atoms with van der Waals surface area (Å²) < 4.78 is 5.41. The van der Waals surface area contributed by atoms with Gasteiger partial charge in [0.05, 0.1) is 10.7 Å². The van der Waals surface area contributed by atoms with Gasteiger partial charge >= 0.3 is 6.09 Å². The first-order chi connectivity index (χ1) is 19.7. The summed E-state index contributed by atoms with van der Waals surface area (Å²) in [5.74, 6) is -1.58. The van der Waals surface area contributed by atoms with Crippen molar-refractivity contribution >= 4 is 41.1 Å². The molecule has 4 amide bonds. The number of rotatable bonds is 13. The molecule has 0 radical (unpaired) electrons. The minimum Gasteiger partial charge on any atom is -0.444 e. The number of benzene rings is 2. The van der Waals surface area contributed by atoms with Crippen LogP contribution < -0.4 is 16.4 Å². The summed E-state index contributed by atoms with van der Waals surface area (Å²) in [5, 5.41) is 5.96. The van der Waals surface area contributed by atoms with E-state index in [2.05, 4.69) is 10.6 Å². The Morgan fingerprint density at radius 1 is 1.00 bits per heavy atom. The van der Waals surface area contributed by atoms with Crippen LogP contribution in [0.25, 0.3) is 0 Å². The Labute approximate surface area is 254 Å². The van der Waals surface area contributed by atoms with Gasteiger partial charge in [-0.25, -0.2) is 4.79 Å². The van der Waals surface area contributed by atoms with Gasteiger partial charge in [0.1, 0.15) is 17.7 Å². The molecule has 4 N–H and O–H groups in total. The van der Waals surface area contributed by atoms with E-state index in [4.69, 9.17) is 22.1 Å². The molecule has 0 saturated carbocycles. The zero-order valence-electron chi connectivity index (χ0n) is 25.8. The Balaban J connectivity index is 2.65. The fraction of sp³-hybridized carbons (Fsp3) is 0.500. The third kappa shape index (κ3) is 10.0. The third-order valence-corrected chi connectivity index (χ3v) is 7.24. The van der Waals surface area contributed by atoms with Crippen LogP contribution in [0.5, 0.6) is 0 Å². The lowest BCUT2D eigenvalue weighted by Gasteiger charge is -2.35. The van der Waals surface area contributed by atoms with Crippen LogP contribution in [0.2, 0.25) is 5.02 Å². The second-order valence-electron chi connectivity index (χ2n) is 11.6. The fourth-order valence-electron chi connectivity index (χ4n) is 4.60. The summed E-state index contributed by atoms with van der Waals surface area (Å²) in [5.41, 5.74) is 8.29. The second kappa shape index (κ2) is 15.6. The number of ether oxygens (including phenoxy) is 1. The monoisotopic (exact) mass is 600 g/mol. The number of amides is 4. The van der Waals surface area contributed by atoms with Crippen LogP contribution in [0.3, 0.4) is 0 Å². The molecule has 0 saturated heterocycles. The Morgan fingerprint density at radius 3 is 2.24 bits per heavy atom. The van der Waals surface area contributed by atoms with Crippen molar-refractivity contribution in [1.29, 1.82) is 0 Å². The highest BCUT2D eigenvalue weighted by Crippen LogP contribution is 2.32. The minimum absolute atomic E-state index is 0.0531. The number of halogens is 1. The quantitative estimate of drug-likeness (QED) is 0.238. The number of nitrogens with one attached hydrogen (secondary N) is 2. The second-order valence-corrected chi connectivity index (χ2v) is 12.0. The van der Waals surface area contributed by atoms with Crippen molar-refractivity contribution in [2.24, 2.45) is 5.73 Å². The van der Waals surface area contributed by atoms with Gasteiger partial charge in [0.25, 0.3) is 5.91 Å². The molecular weight excluding hydrogens is 556 g/mol. The molecule has 2 aromatic carbocycles. The van der Waals surface area contributed by atoms with Crippen LogP contribution in [0.4, 0.5) is 10.5 Å². The van der Waals surface area contributed by atoms with E-state index >= 15 is 0 Å². The molecule has 0 bridgehead atoms. The summed E-state index contributed by atoms with van der Waals surface area (Å²) in [6.07, 6.45) is 1.33. The highest BCUT2D eigenvalue weighted by molar-refractivity contribution is 6.34. The van der Waals surface area contributed by atoms with E-state index in [9.17, 15) is 19.2 Å². The maximum Gasteiger partial charge on any atom is 0.408 e. The SMILES string of the molecule is CCCCCN(C(=O)C(CCC(N)=O)NC(=O)OC(C)(C)C)C(C(=O)Nc1c(C)cccc1Cl)c1cccc(C)c1C. The lowest BCUT2D eigenvalue weighted by atomic mass is 9.94. The predicted molar refractivity (Wildman–Crippen MR) is 166 cm³/mol. The van der Waals surface area contributed by atoms with Gasteiger partial charge in [0, 0.05) is 13.0 Å². The molecule has 2 rings (SSSR count). The van der Waals surface area contributed by atoms with Crippen LogP contribution in [0.1, 0.15) is 88.1 Å². The van der Waals surface area contributed by atoms with Crippen molar-refractivity contribution in [2.75, 3.05) is 11.9 Å². The number of para-hydroxylation sites is 1. The zero-order chi connectivity index (χ0) is 31.6. The number of alkyl carbamates (subject to hydrolysis) is 1. The Morgan fingerprint density at radius 2 is 1.64 bits per heavy atom. The van der Waals surface area contributed by atoms with E-state index in [1.807, 2.05) is 52.0 Å². The van der Waals surface area contributed by atoms with Gasteiger partial charge in [0.15, 0.2) is 0 Å². The molecule has 0 aromatic heterocycles. The molecule has 230 valence electrons. The highest BCUT2D eigenvalue weighted by atomic mass is 35.5. The molecular formula is C32H45ClN4O5. The number of hydrogen-bond acceptors (Lipinski definition) is 5. The van der Waals surface area contributed by atoms with Crippen molar-refractivity contribution in [3.8, 4) is 0 Å². The van der Waals surface area contributed by atoms with E-state index in [0.29, 0.717) is 22.7 Å². The van der Waals surface area contributed by atoms with E-state index < -0.39 is 41.5 Å².